The molecule has 0 unspecified atom stereocenters. The van der Waals surface area contributed by atoms with Crippen molar-refractivity contribution in [3.05, 3.63) is 28.8 Å². The molecule has 0 heterocycles. The summed E-state index contributed by atoms with van der Waals surface area (Å²) < 4.78 is 7.25. The predicted octanol–water partition coefficient (Wildman–Crippen LogP) is 2.35. The van der Waals surface area contributed by atoms with Gasteiger partial charge in [0.1, 0.15) is 5.75 Å². The van der Waals surface area contributed by atoms with Crippen LogP contribution in [0.15, 0.2) is 18.2 Å². The van der Waals surface area contributed by atoms with Crippen LogP contribution >= 0.6 is 11.6 Å². The topological polar surface area (TPSA) is 20.2 Å². The van der Waals surface area contributed by atoms with Gasteiger partial charge in [0.25, 0.3) is 0 Å². The second-order valence-electron chi connectivity index (χ2n) is 1.82. The van der Waals surface area contributed by atoms with Crippen molar-refractivity contribution in [2.75, 3.05) is 0 Å². The van der Waals surface area contributed by atoms with E-state index in [0.29, 0.717) is 10.6 Å². The summed E-state index contributed by atoms with van der Waals surface area (Å²) in [7, 11) is 0. The number of benzene rings is 1. The Hall–Kier alpha value is -0.690. The lowest BCUT2D eigenvalue weighted by Gasteiger charge is -1.95. The van der Waals surface area contributed by atoms with Gasteiger partial charge < -0.3 is 5.11 Å². The molecule has 0 saturated carbocycles. The highest BCUT2D eigenvalue weighted by Crippen LogP contribution is 2.19. The molecule has 0 aromatic heterocycles. The zero-order chi connectivity index (χ0) is 7.72. The van der Waals surface area contributed by atoms with E-state index >= 15 is 0 Å². The Labute approximate surface area is 60.3 Å². The van der Waals surface area contributed by atoms with Crippen molar-refractivity contribution in [3.63, 3.8) is 0 Å². The van der Waals surface area contributed by atoms with E-state index in [1.807, 2.05) is 0 Å². The molecular formula is C7H7ClO. The highest BCUT2D eigenvalue weighted by Gasteiger charge is 1.92. The maximum absolute atomic E-state index is 8.98. The molecule has 48 valence electrons. The van der Waals surface area contributed by atoms with Crippen molar-refractivity contribution in [2.45, 2.75) is 6.92 Å². The van der Waals surface area contributed by atoms with Gasteiger partial charge in [-0.2, -0.15) is 0 Å². The van der Waals surface area contributed by atoms with E-state index in [-0.39, 0.29) is 11.8 Å². The first-order chi connectivity index (χ1) is 4.63. The lowest BCUT2D eigenvalue weighted by Crippen LogP contribution is -1.71. The van der Waals surface area contributed by atoms with Crippen molar-refractivity contribution in [3.8, 4) is 5.75 Å². The third kappa shape index (κ3) is 1.36. The van der Waals surface area contributed by atoms with Crippen molar-refractivity contribution in [1.82, 2.24) is 0 Å². The Morgan fingerprint density at radius 2 is 2.33 bits per heavy atom. The molecule has 0 amide bonds. The van der Waals surface area contributed by atoms with Crippen LogP contribution in [0.2, 0.25) is 5.02 Å². The molecule has 0 spiro atoms. The standard InChI is InChI=1S/C7H7ClO/c1-5-4-6(9)2-3-7(5)8/h2-4,9H,1H3/i4D. The number of rotatable bonds is 0. The van der Waals surface area contributed by atoms with Gasteiger partial charge in [-0.05, 0) is 30.7 Å². The maximum atomic E-state index is 8.98. The fourth-order valence-corrected chi connectivity index (χ4v) is 0.681. The SMILES string of the molecule is [2H]c1c(O)ccc(Cl)c1C. The van der Waals surface area contributed by atoms with E-state index in [0.717, 1.165) is 0 Å². The fraction of sp³-hybridized carbons (Fsp3) is 0.143. The molecule has 9 heavy (non-hydrogen) atoms. The third-order valence-corrected chi connectivity index (χ3v) is 1.47. The molecule has 0 fully saturated rings. The molecule has 0 aliphatic heterocycles. The van der Waals surface area contributed by atoms with Gasteiger partial charge >= 0.3 is 0 Å². The van der Waals surface area contributed by atoms with Crippen LogP contribution in [-0.4, -0.2) is 5.11 Å². The summed E-state index contributed by atoms with van der Waals surface area (Å²) >= 11 is 5.65. The normalized spacial score (nSPS) is 11.1. The molecule has 1 rings (SSSR count). The summed E-state index contributed by atoms with van der Waals surface area (Å²) in [5.41, 5.74) is 0.613. The van der Waals surface area contributed by atoms with Crippen LogP contribution in [0.25, 0.3) is 0 Å². The molecule has 2 heteroatoms. The van der Waals surface area contributed by atoms with Gasteiger partial charge in [0, 0.05) is 5.02 Å². The van der Waals surface area contributed by atoms with Crippen molar-refractivity contribution < 1.29 is 6.48 Å². The van der Waals surface area contributed by atoms with Crippen LogP contribution in [0.3, 0.4) is 0 Å². The number of aromatic hydroxyl groups is 1. The number of phenols is 1. The van der Waals surface area contributed by atoms with Gasteiger partial charge in [-0.1, -0.05) is 11.6 Å². The molecule has 0 atom stereocenters. The minimum absolute atomic E-state index is 0.0260. The molecule has 0 aliphatic rings. The minimum Gasteiger partial charge on any atom is -0.508 e. The van der Waals surface area contributed by atoms with Gasteiger partial charge in [0.15, 0.2) is 0 Å². The van der Waals surface area contributed by atoms with Gasteiger partial charge in [-0.15, -0.1) is 0 Å². The molecule has 0 radical (unpaired) electrons. The van der Waals surface area contributed by atoms with Crippen LogP contribution in [-0.2, 0) is 0 Å². The van der Waals surface area contributed by atoms with E-state index < -0.39 is 0 Å². The smallest absolute Gasteiger partial charge is 0.115 e. The molecular weight excluding hydrogens is 136 g/mol. The highest BCUT2D eigenvalue weighted by atomic mass is 35.5. The van der Waals surface area contributed by atoms with Gasteiger partial charge in [-0.3, -0.25) is 0 Å². The van der Waals surface area contributed by atoms with E-state index in [4.69, 9.17) is 18.1 Å². The predicted molar refractivity (Wildman–Crippen MR) is 37.9 cm³/mol. The van der Waals surface area contributed by atoms with E-state index in [9.17, 15) is 0 Å². The Kier molecular flexibility index (Phi) is 1.30. The second-order valence-corrected chi connectivity index (χ2v) is 2.22. The number of phenolic OH excluding ortho intramolecular Hbond substituents is 1. The molecule has 1 N–H and O–H groups in total. The molecule has 1 aromatic rings. The first-order valence-electron chi connectivity index (χ1n) is 3.07. The van der Waals surface area contributed by atoms with Crippen molar-refractivity contribution in [2.24, 2.45) is 0 Å². The Bertz CT molecular complexity index is 233. The summed E-state index contributed by atoms with van der Waals surface area (Å²) in [5.74, 6) is -0.0260. The lowest BCUT2D eigenvalue weighted by atomic mass is 10.2. The highest BCUT2D eigenvalue weighted by molar-refractivity contribution is 6.31. The van der Waals surface area contributed by atoms with Gasteiger partial charge in [0.05, 0.1) is 1.37 Å². The van der Waals surface area contributed by atoms with Crippen LogP contribution in [0.1, 0.15) is 6.93 Å². The lowest BCUT2D eigenvalue weighted by molar-refractivity contribution is 0.475. The summed E-state index contributed by atoms with van der Waals surface area (Å²) in [6.07, 6.45) is 0. The van der Waals surface area contributed by atoms with E-state index in [2.05, 4.69) is 0 Å². The van der Waals surface area contributed by atoms with Crippen LogP contribution in [0, 0.1) is 6.92 Å². The van der Waals surface area contributed by atoms with Gasteiger partial charge in [0.2, 0.25) is 0 Å². The quantitative estimate of drug-likeness (QED) is 0.591. The molecule has 1 aromatic carbocycles. The van der Waals surface area contributed by atoms with E-state index in [1.54, 1.807) is 13.0 Å². The van der Waals surface area contributed by atoms with Crippen LogP contribution < -0.4 is 0 Å². The molecule has 0 bridgehead atoms. The maximum Gasteiger partial charge on any atom is 0.115 e. The molecule has 0 aliphatic carbocycles. The first-order valence-corrected chi connectivity index (χ1v) is 2.95. The Balaban J connectivity index is 3.34. The number of hydrogen-bond donors (Lipinski definition) is 1. The van der Waals surface area contributed by atoms with Crippen molar-refractivity contribution >= 4 is 11.6 Å². The van der Waals surface area contributed by atoms with Crippen LogP contribution in [0.5, 0.6) is 5.75 Å². The summed E-state index contributed by atoms with van der Waals surface area (Å²) in [6, 6.07) is 3.09. The molecule has 0 saturated heterocycles. The van der Waals surface area contributed by atoms with Crippen molar-refractivity contribution in [1.29, 1.82) is 0 Å². The zero-order valence-corrected chi connectivity index (χ0v) is 5.74. The first kappa shape index (κ1) is 5.12. The summed E-state index contributed by atoms with van der Waals surface area (Å²) in [4.78, 5) is 0. The summed E-state index contributed by atoms with van der Waals surface area (Å²) in [6.45, 7) is 1.70. The molecule has 1 nitrogen and oxygen atoms in total. The monoisotopic (exact) mass is 143 g/mol. The third-order valence-electron chi connectivity index (χ3n) is 1.06. The minimum atomic E-state index is -0.0260. The van der Waals surface area contributed by atoms with E-state index in [1.165, 1.54) is 6.07 Å². The average molecular weight is 144 g/mol. The summed E-state index contributed by atoms with van der Waals surface area (Å²) in [5, 5.41) is 9.49. The van der Waals surface area contributed by atoms with Crippen LogP contribution in [0.4, 0.5) is 0 Å². The Morgan fingerprint density at radius 1 is 1.67 bits per heavy atom. The Morgan fingerprint density at radius 3 is 2.89 bits per heavy atom. The average Bonchev–Trinajstić information content (AvgIpc) is 1.93. The number of hydrogen-bond acceptors (Lipinski definition) is 1. The number of halogens is 1. The van der Waals surface area contributed by atoms with Gasteiger partial charge in [-0.25, -0.2) is 0 Å². The second kappa shape index (κ2) is 2.28. The zero-order valence-electron chi connectivity index (χ0n) is 5.98. The fourth-order valence-electron chi connectivity index (χ4n) is 0.571. The largest absolute Gasteiger partial charge is 0.508 e.